The second kappa shape index (κ2) is 6.00. The van der Waals surface area contributed by atoms with Crippen molar-refractivity contribution in [3.8, 4) is 0 Å². The van der Waals surface area contributed by atoms with Gasteiger partial charge in [0.1, 0.15) is 0 Å². The van der Waals surface area contributed by atoms with Crippen molar-refractivity contribution < 1.29 is 0 Å². The van der Waals surface area contributed by atoms with Crippen molar-refractivity contribution in [2.75, 3.05) is 11.1 Å². The number of rotatable bonds is 3. The maximum absolute atomic E-state index is 5.84. The van der Waals surface area contributed by atoms with E-state index in [0.29, 0.717) is 5.95 Å². The number of nitrogens with one attached hydrogen (secondary N) is 1. The quantitative estimate of drug-likeness (QED) is 0.774. The van der Waals surface area contributed by atoms with Gasteiger partial charge in [-0.2, -0.15) is 4.98 Å². The van der Waals surface area contributed by atoms with E-state index in [0.717, 1.165) is 18.8 Å². The minimum atomic E-state index is 0.128. The summed E-state index contributed by atoms with van der Waals surface area (Å²) in [5.74, 6) is 1.04. The van der Waals surface area contributed by atoms with Gasteiger partial charge in [0.05, 0.1) is 12.1 Å². The van der Waals surface area contributed by atoms with Crippen molar-refractivity contribution in [1.82, 2.24) is 14.8 Å². The maximum atomic E-state index is 5.84. The zero-order valence-electron chi connectivity index (χ0n) is 13.7. The molecule has 0 fully saturated rings. The molecule has 1 aromatic heterocycles. The van der Waals surface area contributed by atoms with Crippen LogP contribution in [-0.2, 0) is 6.42 Å². The monoisotopic (exact) mass is 319 g/mol. The summed E-state index contributed by atoms with van der Waals surface area (Å²) >= 11 is 0. The molecule has 0 aliphatic carbocycles. The van der Waals surface area contributed by atoms with E-state index in [1.807, 2.05) is 10.7 Å². The van der Waals surface area contributed by atoms with Crippen molar-refractivity contribution in [3.63, 3.8) is 0 Å². The Bertz CT molecular complexity index is 823. The van der Waals surface area contributed by atoms with Crippen molar-refractivity contribution in [1.29, 1.82) is 0 Å². The summed E-state index contributed by atoms with van der Waals surface area (Å²) in [4.78, 5) is 4.35. The van der Waals surface area contributed by atoms with E-state index in [9.17, 15) is 0 Å². The molecule has 0 spiro atoms. The van der Waals surface area contributed by atoms with E-state index in [4.69, 9.17) is 5.73 Å². The van der Waals surface area contributed by atoms with Crippen molar-refractivity contribution in [2.45, 2.75) is 31.8 Å². The Labute approximate surface area is 141 Å². The first-order valence-electron chi connectivity index (χ1n) is 8.37. The highest BCUT2D eigenvalue weighted by molar-refractivity contribution is 5.42. The van der Waals surface area contributed by atoms with Crippen LogP contribution < -0.4 is 11.1 Å². The molecule has 1 aliphatic rings. The standard InChI is InChI=1S/C19H21N5/c1-2-13-8-10-14(11-9-13)16-12-17(15-6-4-3-5-7-15)24-19(21-16)22-18(20)23-24/h3-11,16-17H,2,12H2,1H3,(H3,20,21,22,23). The van der Waals surface area contributed by atoms with Gasteiger partial charge in [0.2, 0.25) is 11.9 Å². The normalized spacial score (nSPS) is 19.5. The minimum absolute atomic E-state index is 0.128. The van der Waals surface area contributed by atoms with E-state index in [1.54, 1.807) is 0 Å². The summed E-state index contributed by atoms with van der Waals surface area (Å²) in [5, 5.41) is 7.87. The molecule has 2 atom stereocenters. The number of nitrogen functional groups attached to an aromatic ring is 1. The number of benzene rings is 2. The average Bonchev–Trinajstić information content (AvgIpc) is 3.02. The van der Waals surface area contributed by atoms with Gasteiger partial charge in [-0.25, -0.2) is 4.68 Å². The highest BCUT2D eigenvalue weighted by atomic mass is 15.4. The van der Waals surface area contributed by atoms with E-state index in [-0.39, 0.29) is 12.1 Å². The number of nitrogens with two attached hydrogens (primary N) is 1. The number of nitrogens with zero attached hydrogens (tertiary/aromatic N) is 3. The van der Waals surface area contributed by atoms with Gasteiger partial charge in [-0.15, -0.1) is 5.10 Å². The van der Waals surface area contributed by atoms with Gasteiger partial charge in [0.15, 0.2) is 0 Å². The SMILES string of the molecule is CCc1ccc(C2CC(c3ccccc3)n3nc(N)nc3N2)cc1. The molecule has 3 N–H and O–H groups in total. The van der Waals surface area contributed by atoms with Crippen LogP contribution in [0, 0.1) is 0 Å². The third-order valence-electron chi connectivity index (χ3n) is 4.68. The smallest absolute Gasteiger partial charge is 0.241 e. The number of fused-ring (bicyclic) bond motifs is 1. The van der Waals surface area contributed by atoms with Crippen molar-refractivity contribution in [2.24, 2.45) is 0 Å². The topological polar surface area (TPSA) is 68.8 Å². The first kappa shape index (κ1) is 14.8. The Morgan fingerprint density at radius 3 is 2.54 bits per heavy atom. The van der Waals surface area contributed by atoms with E-state index in [1.165, 1.54) is 16.7 Å². The van der Waals surface area contributed by atoms with Gasteiger partial charge in [-0.3, -0.25) is 0 Å². The maximum Gasteiger partial charge on any atom is 0.241 e. The van der Waals surface area contributed by atoms with Gasteiger partial charge in [-0.05, 0) is 29.5 Å². The van der Waals surface area contributed by atoms with Crippen LogP contribution in [0.3, 0.4) is 0 Å². The molecule has 1 aliphatic heterocycles. The molecule has 2 unspecified atom stereocenters. The van der Waals surface area contributed by atoms with Gasteiger partial charge < -0.3 is 11.1 Å². The lowest BCUT2D eigenvalue weighted by molar-refractivity contribution is 0.431. The zero-order chi connectivity index (χ0) is 16.5. The van der Waals surface area contributed by atoms with Gasteiger partial charge in [0.25, 0.3) is 0 Å². The molecule has 24 heavy (non-hydrogen) atoms. The Balaban J connectivity index is 1.71. The van der Waals surface area contributed by atoms with Gasteiger partial charge >= 0.3 is 0 Å². The summed E-state index contributed by atoms with van der Waals surface area (Å²) in [7, 11) is 0. The highest BCUT2D eigenvalue weighted by Gasteiger charge is 2.30. The van der Waals surface area contributed by atoms with Crippen LogP contribution in [-0.4, -0.2) is 14.8 Å². The second-order valence-corrected chi connectivity index (χ2v) is 6.19. The Hall–Kier alpha value is -2.82. The van der Waals surface area contributed by atoms with Crippen LogP contribution in [0.5, 0.6) is 0 Å². The molecule has 2 aromatic carbocycles. The van der Waals surface area contributed by atoms with Crippen LogP contribution in [0.4, 0.5) is 11.9 Å². The predicted molar refractivity (Wildman–Crippen MR) is 95.8 cm³/mol. The fourth-order valence-electron chi connectivity index (χ4n) is 3.35. The molecule has 5 nitrogen and oxygen atoms in total. The molecule has 122 valence electrons. The average molecular weight is 319 g/mol. The summed E-state index contributed by atoms with van der Waals surface area (Å²) in [6.07, 6.45) is 1.96. The third kappa shape index (κ3) is 2.62. The molecule has 0 radical (unpaired) electrons. The summed E-state index contributed by atoms with van der Waals surface area (Å²) in [6.45, 7) is 2.17. The van der Waals surface area contributed by atoms with Crippen LogP contribution in [0.15, 0.2) is 54.6 Å². The molecule has 2 heterocycles. The summed E-state index contributed by atoms with van der Waals surface area (Å²) < 4.78 is 1.90. The van der Waals surface area contributed by atoms with Crippen molar-refractivity contribution >= 4 is 11.9 Å². The molecule has 0 saturated heterocycles. The Morgan fingerprint density at radius 1 is 1.08 bits per heavy atom. The van der Waals surface area contributed by atoms with E-state index < -0.39 is 0 Å². The first-order chi connectivity index (χ1) is 11.7. The Morgan fingerprint density at radius 2 is 1.83 bits per heavy atom. The first-order valence-corrected chi connectivity index (χ1v) is 8.37. The van der Waals surface area contributed by atoms with Crippen molar-refractivity contribution in [3.05, 3.63) is 71.3 Å². The summed E-state index contributed by atoms with van der Waals surface area (Å²) in [5.41, 5.74) is 9.67. The molecule has 0 amide bonds. The van der Waals surface area contributed by atoms with Crippen LogP contribution >= 0.6 is 0 Å². The highest BCUT2D eigenvalue weighted by Crippen LogP contribution is 2.37. The summed E-state index contributed by atoms with van der Waals surface area (Å²) in [6, 6.07) is 19.5. The molecule has 4 rings (SSSR count). The van der Waals surface area contributed by atoms with Gasteiger partial charge in [0, 0.05) is 0 Å². The van der Waals surface area contributed by atoms with Gasteiger partial charge in [-0.1, -0.05) is 61.5 Å². The van der Waals surface area contributed by atoms with Crippen LogP contribution in [0.25, 0.3) is 0 Å². The van der Waals surface area contributed by atoms with E-state index >= 15 is 0 Å². The lowest BCUT2D eigenvalue weighted by Crippen LogP contribution is -2.28. The molecular formula is C19H21N5. The third-order valence-corrected chi connectivity index (χ3v) is 4.68. The molecule has 5 heteroatoms. The molecule has 0 bridgehead atoms. The predicted octanol–water partition coefficient (Wildman–Crippen LogP) is 3.57. The lowest BCUT2D eigenvalue weighted by Gasteiger charge is -2.31. The molecule has 0 saturated carbocycles. The number of anilines is 2. The second-order valence-electron chi connectivity index (χ2n) is 6.19. The fourth-order valence-corrected chi connectivity index (χ4v) is 3.35. The minimum Gasteiger partial charge on any atom is -0.366 e. The van der Waals surface area contributed by atoms with Crippen LogP contribution in [0.1, 0.15) is 42.1 Å². The molecule has 3 aromatic rings. The van der Waals surface area contributed by atoms with E-state index in [2.05, 4.69) is 70.9 Å². The largest absolute Gasteiger partial charge is 0.366 e. The lowest BCUT2D eigenvalue weighted by atomic mass is 9.93. The number of aryl methyl sites for hydroxylation is 1. The number of hydrogen-bond acceptors (Lipinski definition) is 4. The molecular weight excluding hydrogens is 298 g/mol. The zero-order valence-corrected chi connectivity index (χ0v) is 13.7. The number of aromatic nitrogens is 3. The van der Waals surface area contributed by atoms with Crippen LogP contribution in [0.2, 0.25) is 0 Å². The number of hydrogen-bond donors (Lipinski definition) is 2. The fraction of sp³-hybridized carbons (Fsp3) is 0.263. The Kier molecular flexibility index (Phi) is 3.69.